The third-order valence-electron chi connectivity index (χ3n) is 1.88. The minimum Gasteiger partial charge on any atom is -0.450 e. The van der Waals surface area contributed by atoms with Crippen molar-refractivity contribution in [2.75, 3.05) is 6.61 Å². The Bertz CT molecular complexity index is 326. The van der Waals surface area contributed by atoms with E-state index < -0.39 is 0 Å². The molecular weight excluding hydrogens is 204 g/mol. The molecule has 0 aliphatic rings. The number of ether oxygens (including phenoxy) is 1. The van der Waals surface area contributed by atoms with Crippen LogP contribution in [0.3, 0.4) is 0 Å². The van der Waals surface area contributed by atoms with Crippen molar-refractivity contribution in [1.29, 1.82) is 0 Å². The van der Waals surface area contributed by atoms with Gasteiger partial charge in [-0.3, -0.25) is 0 Å². The third kappa shape index (κ3) is 4.98. The highest BCUT2D eigenvalue weighted by atomic mass is 16.6. The molecule has 1 N–H and O–H groups in total. The zero-order valence-electron chi connectivity index (χ0n) is 10.2. The van der Waals surface area contributed by atoms with Crippen LogP contribution >= 0.6 is 0 Å². The molecule has 90 valence electrons. The van der Waals surface area contributed by atoms with E-state index in [4.69, 9.17) is 9.15 Å². The highest BCUT2D eigenvalue weighted by molar-refractivity contribution is 5.00. The molecule has 0 atom stereocenters. The number of rotatable bonds is 6. The second-order valence-electron chi connectivity index (χ2n) is 4.63. The summed E-state index contributed by atoms with van der Waals surface area (Å²) in [5.41, 5.74) is 0.923. The number of aromatic nitrogens is 1. The second-order valence-corrected chi connectivity index (χ2v) is 4.63. The second kappa shape index (κ2) is 5.70. The van der Waals surface area contributed by atoms with Crippen molar-refractivity contribution < 1.29 is 9.15 Å². The molecule has 0 saturated heterocycles. The summed E-state index contributed by atoms with van der Waals surface area (Å²) in [7, 11) is 0. The summed E-state index contributed by atoms with van der Waals surface area (Å²) in [5, 5.41) is 3.32. The van der Waals surface area contributed by atoms with Gasteiger partial charge in [0.15, 0.2) is 0 Å². The first-order valence-electron chi connectivity index (χ1n) is 5.44. The van der Waals surface area contributed by atoms with Crippen molar-refractivity contribution in [2.24, 2.45) is 0 Å². The van der Waals surface area contributed by atoms with Crippen LogP contribution in [-0.2, 0) is 6.54 Å². The maximum atomic E-state index is 5.28. The lowest BCUT2D eigenvalue weighted by Crippen LogP contribution is -2.35. The average molecular weight is 224 g/mol. The molecule has 0 bridgehead atoms. The Labute approximate surface area is 96.7 Å². The van der Waals surface area contributed by atoms with Crippen LogP contribution in [0.5, 0.6) is 6.08 Å². The summed E-state index contributed by atoms with van der Waals surface area (Å²) in [6.07, 6.45) is 4.53. The van der Waals surface area contributed by atoms with Gasteiger partial charge in [0.05, 0.1) is 12.3 Å². The maximum Gasteiger partial charge on any atom is 0.393 e. The lowest BCUT2D eigenvalue weighted by atomic mass is 10.1. The van der Waals surface area contributed by atoms with Crippen LogP contribution in [0.25, 0.3) is 0 Å². The number of oxazole rings is 1. The highest BCUT2D eigenvalue weighted by Crippen LogP contribution is 2.11. The van der Waals surface area contributed by atoms with E-state index in [9.17, 15) is 0 Å². The zero-order valence-corrected chi connectivity index (χ0v) is 10.2. The molecule has 0 unspecified atom stereocenters. The molecule has 0 saturated carbocycles. The standard InChI is InChI=1S/C12H20N2O2/c1-5-6-7-15-11-14-10(9-16-11)8-13-12(2,3)4/h5,9,13H,1,6-8H2,2-4H3. The van der Waals surface area contributed by atoms with Gasteiger partial charge in [0.2, 0.25) is 0 Å². The van der Waals surface area contributed by atoms with E-state index in [2.05, 4.69) is 37.7 Å². The summed E-state index contributed by atoms with van der Waals surface area (Å²) in [6, 6.07) is 0. The molecule has 0 spiro atoms. The lowest BCUT2D eigenvalue weighted by molar-refractivity contribution is 0.235. The normalized spacial score (nSPS) is 11.4. The van der Waals surface area contributed by atoms with E-state index in [1.807, 2.05) is 0 Å². The molecule has 0 fully saturated rings. The molecule has 1 aromatic heterocycles. The number of hydrogen-bond acceptors (Lipinski definition) is 4. The number of nitrogens with zero attached hydrogens (tertiary/aromatic N) is 1. The van der Waals surface area contributed by atoms with Gasteiger partial charge in [0, 0.05) is 12.1 Å². The molecule has 16 heavy (non-hydrogen) atoms. The molecule has 0 aliphatic carbocycles. The summed E-state index contributed by atoms with van der Waals surface area (Å²) >= 11 is 0. The number of nitrogens with one attached hydrogen (secondary N) is 1. The largest absolute Gasteiger partial charge is 0.450 e. The molecule has 1 rings (SSSR count). The maximum absolute atomic E-state index is 5.28. The fourth-order valence-electron chi connectivity index (χ4n) is 1.02. The SMILES string of the molecule is C=CCCOc1nc(CNC(C)(C)C)co1. The zero-order chi connectivity index (χ0) is 12.0. The van der Waals surface area contributed by atoms with Gasteiger partial charge in [-0.15, -0.1) is 6.58 Å². The molecular formula is C12H20N2O2. The summed E-state index contributed by atoms with van der Waals surface area (Å²) in [5.74, 6) is 0. The van der Waals surface area contributed by atoms with E-state index in [-0.39, 0.29) is 5.54 Å². The molecule has 1 aromatic rings. The lowest BCUT2D eigenvalue weighted by Gasteiger charge is -2.19. The Morgan fingerprint density at radius 3 is 2.94 bits per heavy atom. The molecule has 1 heterocycles. The van der Waals surface area contributed by atoms with Crippen LogP contribution < -0.4 is 10.1 Å². The van der Waals surface area contributed by atoms with E-state index >= 15 is 0 Å². The Kier molecular flexibility index (Phi) is 4.55. The third-order valence-corrected chi connectivity index (χ3v) is 1.88. The predicted molar refractivity (Wildman–Crippen MR) is 63.4 cm³/mol. The molecule has 0 aromatic carbocycles. The quantitative estimate of drug-likeness (QED) is 0.596. The van der Waals surface area contributed by atoms with Crippen LogP contribution in [0.1, 0.15) is 32.9 Å². The first-order chi connectivity index (χ1) is 7.51. The Balaban J connectivity index is 2.36. The van der Waals surface area contributed by atoms with Gasteiger partial charge in [-0.05, 0) is 27.2 Å². The molecule has 4 heteroatoms. The number of hydrogen-bond donors (Lipinski definition) is 1. The Morgan fingerprint density at radius 1 is 1.56 bits per heavy atom. The fraction of sp³-hybridized carbons (Fsp3) is 0.583. The summed E-state index contributed by atoms with van der Waals surface area (Å²) in [6.45, 7) is 11.2. The molecule has 0 aliphatic heterocycles. The van der Waals surface area contributed by atoms with Gasteiger partial charge in [0.25, 0.3) is 0 Å². The Hall–Kier alpha value is -1.29. The van der Waals surface area contributed by atoms with Gasteiger partial charge in [-0.25, -0.2) is 0 Å². The van der Waals surface area contributed by atoms with Crippen molar-refractivity contribution in [3.05, 3.63) is 24.6 Å². The van der Waals surface area contributed by atoms with Gasteiger partial charge in [-0.2, -0.15) is 4.98 Å². The van der Waals surface area contributed by atoms with Gasteiger partial charge in [-0.1, -0.05) is 6.08 Å². The van der Waals surface area contributed by atoms with E-state index in [0.717, 1.165) is 12.1 Å². The molecule has 0 amide bonds. The predicted octanol–water partition coefficient (Wildman–Crippen LogP) is 2.52. The van der Waals surface area contributed by atoms with Crippen LogP contribution in [0.15, 0.2) is 23.3 Å². The highest BCUT2D eigenvalue weighted by Gasteiger charge is 2.11. The van der Waals surface area contributed by atoms with E-state index in [1.165, 1.54) is 0 Å². The van der Waals surface area contributed by atoms with E-state index in [0.29, 0.717) is 19.2 Å². The van der Waals surface area contributed by atoms with Crippen molar-refractivity contribution in [2.45, 2.75) is 39.3 Å². The van der Waals surface area contributed by atoms with Gasteiger partial charge >= 0.3 is 6.08 Å². The average Bonchev–Trinajstić information content (AvgIpc) is 2.62. The van der Waals surface area contributed by atoms with Gasteiger partial charge in [0.1, 0.15) is 6.26 Å². The summed E-state index contributed by atoms with van der Waals surface area (Å²) < 4.78 is 10.5. The van der Waals surface area contributed by atoms with Crippen LogP contribution in [0, 0.1) is 0 Å². The van der Waals surface area contributed by atoms with Crippen molar-refractivity contribution in [3.63, 3.8) is 0 Å². The summed E-state index contributed by atoms with van der Waals surface area (Å²) in [4.78, 5) is 4.20. The monoisotopic (exact) mass is 224 g/mol. The Morgan fingerprint density at radius 2 is 2.31 bits per heavy atom. The first kappa shape index (κ1) is 12.8. The van der Waals surface area contributed by atoms with Crippen LogP contribution in [0.2, 0.25) is 0 Å². The van der Waals surface area contributed by atoms with E-state index in [1.54, 1.807) is 12.3 Å². The fourth-order valence-corrected chi connectivity index (χ4v) is 1.02. The van der Waals surface area contributed by atoms with Crippen molar-refractivity contribution in [3.8, 4) is 6.08 Å². The topological polar surface area (TPSA) is 47.3 Å². The van der Waals surface area contributed by atoms with Crippen molar-refractivity contribution in [1.82, 2.24) is 10.3 Å². The first-order valence-corrected chi connectivity index (χ1v) is 5.44. The minimum atomic E-state index is 0.0722. The molecule has 0 radical (unpaired) electrons. The smallest absolute Gasteiger partial charge is 0.393 e. The minimum absolute atomic E-state index is 0.0722. The van der Waals surface area contributed by atoms with Crippen LogP contribution in [0.4, 0.5) is 0 Å². The van der Waals surface area contributed by atoms with Crippen LogP contribution in [-0.4, -0.2) is 17.1 Å². The molecule has 4 nitrogen and oxygen atoms in total. The van der Waals surface area contributed by atoms with Crippen molar-refractivity contribution >= 4 is 0 Å². The van der Waals surface area contributed by atoms with Gasteiger partial charge < -0.3 is 14.5 Å².